The van der Waals surface area contributed by atoms with Crippen LogP contribution >= 0.6 is 34.2 Å². The van der Waals surface area contributed by atoms with Gasteiger partial charge in [0.05, 0.1) is 47.6 Å². The summed E-state index contributed by atoms with van der Waals surface area (Å²) in [6.07, 6.45) is 0. The van der Waals surface area contributed by atoms with Gasteiger partial charge in [0.25, 0.3) is 5.91 Å². The highest BCUT2D eigenvalue weighted by atomic mass is 127. The number of allylic oxidation sites excluding steroid dienone is 1. The summed E-state index contributed by atoms with van der Waals surface area (Å²) in [5.41, 5.74) is 4.54. The van der Waals surface area contributed by atoms with Crippen molar-refractivity contribution in [1.29, 1.82) is 0 Å². The Morgan fingerprint density at radius 2 is 1.86 bits per heavy atom. The number of carbonyl (C=O) groups excluding carboxylic acids is 1. The summed E-state index contributed by atoms with van der Waals surface area (Å²) in [6.45, 7) is 1.94. The normalized spacial score (nSPS) is 14.9. The van der Waals surface area contributed by atoms with Crippen molar-refractivity contribution < 1.29 is 14.3 Å². The number of ether oxygens (including phenoxy) is 2. The molecule has 9 heteroatoms. The second kappa shape index (κ2) is 9.43. The number of rotatable bonds is 5. The lowest BCUT2D eigenvalue weighted by molar-refractivity contribution is -0.113. The molecule has 1 aromatic heterocycles. The number of aromatic nitrogens is 2. The van der Waals surface area contributed by atoms with Crippen LogP contribution < -0.4 is 20.1 Å². The van der Waals surface area contributed by atoms with E-state index < -0.39 is 6.04 Å². The lowest BCUT2D eigenvalue weighted by atomic mass is 9.94. The summed E-state index contributed by atoms with van der Waals surface area (Å²) in [5, 5.41) is 6.90. The van der Waals surface area contributed by atoms with Gasteiger partial charge in [-0.3, -0.25) is 9.36 Å². The van der Waals surface area contributed by atoms with Crippen LogP contribution in [0.25, 0.3) is 16.7 Å². The third-order valence-corrected chi connectivity index (χ3v) is 6.96. The van der Waals surface area contributed by atoms with Crippen molar-refractivity contribution in [3.63, 3.8) is 0 Å². The van der Waals surface area contributed by atoms with Crippen LogP contribution in [-0.4, -0.2) is 29.7 Å². The van der Waals surface area contributed by atoms with E-state index >= 15 is 0 Å². The number of carbonyl (C=O) groups is 1. The molecule has 7 nitrogen and oxygen atoms in total. The smallest absolute Gasteiger partial charge is 0.255 e. The molecule has 0 bridgehead atoms. The van der Waals surface area contributed by atoms with Crippen molar-refractivity contribution in [2.45, 2.75) is 13.0 Å². The molecule has 178 valence electrons. The minimum atomic E-state index is -0.408. The highest BCUT2D eigenvalue weighted by Gasteiger charge is 2.33. The van der Waals surface area contributed by atoms with Gasteiger partial charge in [-0.2, -0.15) is 0 Å². The Kier molecular flexibility index (Phi) is 6.33. The van der Waals surface area contributed by atoms with Gasteiger partial charge in [0.15, 0.2) is 0 Å². The Bertz CT molecular complexity index is 1500. The number of amides is 1. The van der Waals surface area contributed by atoms with Crippen LogP contribution in [0.3, 0.4) is 0 Å². The van der Waals surface area contributed by atoms with Gasteiger partial charge in [-0.25, -0.2) is 4.98 Å². The molecule has 1 aliphatic rings. The van der Waals surface area contributed by atoms with Gasteiger partial charge in [-0.1, -0.05) is 35.9 Å². The summed E-state index contributed by atoms with van der Waals surface area (Å²) >= 11 is 8.53. The predicted octanol–water partition coefficient (Wildman–Crippen LogP) is 6.35. The van der Waals surface area contributed by atoms with Gasteiger partial charge in [-0.15, -0.1) is 0 Å². The number of benzene rings is 3. The van der Waals surface area contributed by atoms with Crippen molar-refractivity contribution in [2.75, 3.05) is 24.9 Å². The summed E-state index contributed by atoms with van der Waals surface area (Å²) in [5.74, 6) is 1.29. The number of fused-ring (bicyclic) bond motifs is 3. The van der Waals surface area contributed by atoms with Crippen LogP contribution in [0.2, 0.25) is 5.02 Å². The number of anilines is 2. The first-order chi connectivity index (χ1) is 16.9. The van der Waals surface area contributed by atoms with Crippen molar-refractivity contribution in [3.8, 4) is 11.5 Å². The molecule has 1 aliphatic heterocycles. The molecule has 2 N–H and O–H groups in total. The zero-order valence-corrected chi connectivity index (χ0v) is 22.1. The third kappa shape index (κ3) is 4.21. The Hall–Kier alpha value is -3.24. The molecule has 0 saturated carbocycles. The van der Waals surface area contributed by atoms with Crippen molar-refractivity contribution >= 4 is 68.5 Å². The molecule has 0 saturated heterocycles. The molecule has 4 aromatic rings. The summed E-state index contributed by atoms with van der Waals surface area (Å²) in [6, 6.07) is 18.8. The lowest BCUT2D eigenvalue weighted by Crippen LogP contribution is -2.30. The molecule has 0 fully saturated rings. The number of halogens is 2. The van der Waals surface area contributed by atoms with Gasteiger partial charge < -0.3 is 20.1 Å². The fraction of sp³-hybridized carbons (Fsp3) is 0.154. The highest BCUT2D eigenvalue weighted by Crippen LogP contribution is 2.41. The van der Waals surface area contributed by atoms with Crippen LogP contribution in [0.5, 0.6) is 11.5 Å². The summed E-state index contributed by atoms with van der Waals surface area (Å²) in [4.78, 5) is 18.7. The molecular weight excluding hydrogens is 579 g/mol. The van der Waals surface area contributed by atoms with Crippen LogP contribution in [0.15, 0.2) is 66.2 Å². The van der Waals surface area contributed by atoms with E-state index in [9.17, 15) is 4.79 Å². The molecule has 0 unspecified atom stereocenters. The number of para-hydroxylation sites is 2. The highest BCUT2D eigenvalue weighted by molar-refractivity contribution is 14.1. The minimum Gasteiger partial charge on any atom is -0.495 e. The van der Waals surface area contributed by atoms with E-state index in [4.69, 9.17) is 26.1 Å². The van der Waals surface area contributed by atoms with E-state index in [2.05, 4.69) is 39.3 Å². The van der Waals surface area contributed by atoms with E-state index in [1.54, 1.807) is 12.1 Å². The summed E-state index contributed by atoms with van der Waals surface area (Å²) in [7, 11) is 3.05. The van der Waals surface area contributed by atoms with E-state index in [1.807, 2.05) is 54.0 Å². The van der Waals surface area contributed by atoms with Crippen LogP contribution in [0.1, 0.15) is 18.5 Å². The van der Waals surface area contributed by atoms with Crippen LogP contribution in [0.4, 0.5) is 11.6 Å². The average Bonchev–Trinajstić information content (AvgIpc) is 3.23. The maximum absolute atomic E-state index is 13.9. The Balaban J connectivity index is 1.66. The van der Waals surface area contributed by atoms with Gasteiger partial charge in [0, 0.05) is 21.4 Å². The van der Waals surface area contributed by atoms with Crippen molar-refractivity contribution in [2.24, 2.45) is 0 Å². The topological polar surface area (TPSA) is 77.4 Å². The van der Waals surface area contributed by atoms with Crippen molar-refractivity contribution in [1.82, 2.24) is 9.55 Å². The first kappa shape index (κ1) is 23.5. The number of hydrogen-bond acceptors (Lipinski definition) is 5. The van der Waals surface area contributed by atoms with Gasteiger partial charge >= 0.3 is 0 Å². The number of hydrogen-bond donors (Lipinski definition) is 2. The number of nitrogens with zero attached hydrogens (tertiary/aromatic N) is 2. The molecular formula is C26H22ClIN4O3. The van der Waals surface area contributed by atoms with Crippen molar-refractivity contribution in [3.05, 3.63) is 80.4 Å². The lowest BCUT2D eigenvalue weighted by Gasteiger charge is -2.30. The molecule has 35 heavy (non-hydrogen) atoms. The zero-order chi connectivity index (χ0) is 24.7. The third-order valence-electron chi connectivity index (χ3n) is 6.00. The zero-order valence-electron chi connectivity index (χ0n) is 19.2. The molecule has 0 aliphatic carbocycles. The second-order valence-corrected chi connectivity index (χ2v) is 9.68. The van der Waals surface area contributed by atoms with Crippen LogP contribution in [0, 0.1) is 3.57 Å². The van der Waals surface area contributed by atoms with Gasteiger partial charge in [0.1, 0.15) is 11.5 Å². The monoisotopic (exact) mass is 600 g/mol. The Morgan fingerprint density at radius 1 is 1.09 bits per heavy atom. The van der Waals surface area contributed by atoms with E-state index in [1.165, 1.54) is 14.2 Å². The standard InChI is InChI=1S/C26H22ClIN4O3/c1-14-23(25(33)29-19-13-21(34-2)17(27)12-22(19)35-3)24(15-7-6-8-16(28)11-15)31-26-30-18-9-4-5-10-20(18)32(14)26/h4-13,24H,1-3H3,(H,29,33)(H,30,31)/t24-/m1/s1. The molecule has 5 rings (SSSR count). The molecule has 2 heterocycles. The molecule has 3 aromatic carbocycles. The Morgan fingerprint density at radius 3 is 2.60 bits per heavy atom. The first-order valence-electron chi connectivity index (χ1n) is 10.8. The fourth-order valence-corrected chi connectivity index (χ4v) is 5.17. The molecule has 1 amide bonds. The van der Waals surface area contributed by atoms with E-state index in [-0.39, 0.29) is 5.91 Å². The maximum atomic E-state index is 13.9. The molecule has 0 radical (unpaired) electrons. The predicted molar refractivity (Wildman–Crippen MR) is 147 cm³/mol. The number of imidazole rings is 1. The molecule has 1 atom stereocenters. The second-order valence-electron chi connectivity index (χ2n) is 8.03. The largest absolute Gasteiger partial charge is 0.495 e. The fourth-order valence-electron chi connectivity index (χ4n) is 4.37. The quantitative estimate of drug-likeness (QED) is 0.261. The summed E-state index contributed by atoms with van der Waals surface area (Å²) < 4.78 is 13.9. The van der Waals surface area contributed by atoms with E-state index in [0.717, 1.165) is 25.9 Å². The first-order valence-corrected chi connectivity index (χ1v) is 12.3. The molecule has 0 spiro atoms. The average molecular weight is 601 g/mol. The SMILES string of the molecule is COc1cc(NC(=O)C2=C(C)n3c(nc4ccccc43)N[C@@H]2c2cccc(I)c2)c(OC)cc1Cl. The number of methoxy groups -OCH3 is 2. The van der Waals surface area contributed by atoms with Crippen LogP contribution in [-0.2, 0) is 4.79 Å². The minimum absolute atomic E-state index is 0.273. The van der Waals surface area contributed by atoms with Gasteiger partial charge in [0.2, 0.25) is 5.95 Å². The maximum Gasteiger partial charge on any atom is 0.255 e. The number of nitrogens with one attached hydrogen (secondary N) is 2. The Labute approximate surface area is 221 Å². The van der Waals surface area contributed by atoms with Gasteiger partial charge in [-0.05, 0) is 59.3 Å². The van der Waals surface area contributed by atoms with E-state index in [0.29, 0.717) is 33.7 Å².